The number of aromatic nitrogens is 2. The van der Waals surface area contributed by atoms with Gasteiger partial charge in [0.1, 0.15) is 10.9 Å². The van der Waals surface area contributed by atoms with Crippen LogP contribution in [0, 0.1) is 5.92 Å². The Morgan fingerprint density at radius 3 is 2.70 bits per heavy atom. The monoisotopic (exact) mass is 394 g/mol. The van der Waals surface area contributed by atoms with Crippen molar-refractivity contribution >= 4 is 39.3 Å². The van der Waals surface area contributed by atoms with Gasteiger partial charge in [0.2, 0.25) is 11.8 Å². The van der Waals surface area contributed by atoms with Crippen LogP contribution in [0.2, 0.25) is 0 Å². The van der Waals surface area contributed by atoms with E-state index in [0.29, 0.717) is 16.6 Å². The van der Waals surface area contributed by atoms with Crippen LogP contribution in [0.15, 0.2) is 22.6 Å². The van der Waals surface area contributed by atoms with Gasteiger partial charge in [-0.2, -0.15) is 0 Å². The van der Waals surface area contributed by atoms with Crippen molar-refractivity contribution in [3.8, 4) is 0 Å². The number of hydrogen-bond acceptors (Lipinski definition) is 6. The Morgan fingerprint density at radius 1 is 1.30 bits per heavy atom. The molecule has 0 spiro atoms. The number of aliphatic carboxylic acids is 1. The Bertz CT molecular complexity index is 889. The first-order valence-electron chi connectivity index (χ1n) is 8.49. The van der Waals surface area contributed by atoms with Gasteiger partial charge in [-0.15, -0.1) is 11.3 Å². The number of nitrogens with one attached hydrogen (secondary N) is 2. The van der Waals surface area contributed by atoms with E-state index in [1.165, 1.54) is 22.2 Å². The highest BCUT2D eigenvalue weighted by Gasteiger charge is 2.21. The molecule has 2 rings (SSSR count). The predicted molar refractivity (Wildman–Crippen MR) is 101 cm³/mol. The molecule has 0 aliphatic rings. The lowest BCUT2D eigenvalue weighted by molar-refractivity contribution is -0.142. The SMILES string of the molecule is CC(C)C[C@H](NC(=O)CNC(=O)CCn1cnc2sccc2c1=O)C(=O)O. The Hall–Kier alpha value is -2.75. The van der Waals surface area contributed by atoms with Crippen LogP contribution in [-0.2, 0) is 20.9 Å². The van der Waals surface area contributed by atoms with Crippen molar-refractivity contribution in [1.82, 2.24) is 20.2 Å². The summed E-state index contributed by atoms with van der Waals surface area (Å²) < 4.78 is 1.35. The molecular formula is C17H22N4O5S. The minimum Gasteiger partial charge on any atom is -0.480 e. The fourth-order valence-electron chi connectivity index (χ4n) is 2.48. The third-order valence-corrected chi connectivity index (χ3v) is 4.64. The van der Waals surface area contributed by atoms with Gasteiger partial charge in [-0.3, -0.25) is 19.0 Å². The molecule has 10 heteroatoms. The summed E-state index contributed by atoms with van der Waals surface area (Å²) >= 11 is 1.37. The van der Waals surface area contributed by atoms with Crippen molar-refractivity contribution in [3.05, 3.63) is 28.1 Å². The van der Waals surface area contributed by atoms with Crippen LogP contribution in [0.5, 0.6) is 0 Å². The first kappa shape index (κ1) is 20.6. The van der Waals surface area contributed by atoms with E-state index >= 15 is 0 Å². The molecule has 146 valence electrons. The average Bonchev–Trinajstić information content (AvgIpc) is 3.08. The number of carboxylic acids is 1. The van der Waals surface area contributed by atoms with Crippen LogP contribution < -0.4 is 16.2 Å². The third-order valence-electron chi connectivity index (χ3n) is 3.82. The second-order valence-corrected chi connectivity index (χ2v) is 7.39. The van der Waals surface area contributed by atoms with E-state index in [2.05, 4.69) is 15.6 Å². The maximum absolute atomic E-state index is 12.2. The number of aryl methyl sites for hydroxylation is 1. The molecule has 0 fully saturated rings. The van der Waals surface area contributed by atoms with Crippen molar-refractivity contribution in [2.24, 2.45) is 5.92 Å². The van der Waals surface area contributed by atoms with Gasteiger partial charge in [-0.25, -0.2) is 9.78 Å². The van der Waals surface area contributed by atoms with Crippen molar-refractivity contribution in [2.45, 2.75) is 39.3 Å². The molecule has 0 saturated carbocycles. The molecule has 0 radical (unpaired) electrons. The number of hydrogen-bond donors (Lipinski definition) is 3. The summed E-state index contributed by atoms with van der Waals surface area (Å²) in [4.78, 5) is 51.9. The van der Waals surface area contributed by atoms with E-state index in [9.17, 15) is 19.2 Å². The van der Waals surface area contributed by atoms with Crippen molar-refractivity contribution < 1.29 is 19.5 Å². The van der Waals surface area contributed by atoms with Crippen LogP contribution >= 0.6 is 11.3 Å². The quantitative estimate of drug-likeness (QED) is 0.570. The second-order valence-electron chi connectivity index (χ2n) is 6.50. The molecule has 0 bridgehead atoms. The summed E-state index contributed by atoms with van der Waals surface area (Å²) in [6.45, 7) is 3.52. The molecule has 2 amide bonds. The summed E-state index contributed by atoms with van der Waals surface area (Å²) in [5, 5.41) is 16.2. The third kappa shape index (κ3) is 5.88. The largest absolute Gasteiger partial charge is 0.480 e. The fraction of sp³-hybridized carbons (Fsp3) is 0.471. The van der Waals surface area contributed by atoms with Crippen molar-refractivity contribution in [2.75, 3.05) is 6.54 Å². The molecule has 1 atom stereocenters. The highest BCUT2D eigenvalue weighted by atomic mass is 32.1. The van der Waals surface area contributed by atoms with Gasteiger partial charge < -0.3 is 15.7 Å². The fourth-order valence-corrected chi connectivity index (χ4v) is 3.20. The summed E-state index contributed by atoms with van der Waals surface area (Å²) in [5.74, 6) is -2.00. The first-order chi connectivity index (χ1) is 12.8. The molecule has 27 heavy (non-hydrogen) atoms. The van der Waals surface area contributed by atoms with E-state index in [0.717, 1.165) is 0 Å². The lowest BCUT2D eigenvalue weighted by Gasteiger charge is -2.16. The van der Waals surface area contributed by atoms with E-state index in [1.807, 2.05) is 13.8 Å². The van der Waals surface area contributed by atoms with Crippen molar-refractivity contribution in [3.63, 3.8) is 0 Å². The van der Waals surface area contributed by atoms with E-state index < -0.39 is 23.8 Å². The summed E-state index contributed by atoms with van der Waals surface area (Å²) in [5.41, 5.74) is -0.218. The molecule has 3 N–H and O–H groups in total. The number of rotatable bonds is 9. The number of nitrogens with zero attached hydrogens (tertiary/aromatic N) is 2. The Balaban J connectivity index is 1.81. The lowest BCUT2D eigenvalue weighted by atomic mass is 10.0. The van der Waals surface area contributed by atoms with Gasteiger partial charge in [-0.05, 0) is 23.8 Å². The number of thiophene rings is 1. The van der Waals surface area contributed by atoms with Gasteiger partial charge in [0.25, 0.3) is 5.56 Å². The molecule has 2 heterocycles. The maximum Gasteiger partial charge on any atom is 0.326 e. The highest BCUT2D eigenvalue weighted by molar-refractivity contribution is 7.16. The maximum atomic E-state index is 12.2. The average molecular weight is 394 g/mol. The van der Waals surface area contributed by atoms with Crippen LogP contribution in [0.1, 0.15) is 26.7 Å². The Labute approximate surface area is 159 Å². The highest BCUT2D eigenvalue weighted by Crippen LogP contribution is 2.13. The molecule has 0 aliphatic heterocycles. The minimum absolute atomic E-state index is 0.00113. The number of carboxylic acid groups (broad SMARTS) is 1. The number of fused-ring (bicyclic) bond motifs is 1. The van der Waals surface area contributed by atoms with Crippen LogP contribution in [0.3, 0.4) is 0 Å². The second kappa shape index (κ2) is 9.26. The number of carbonyl (C=O) groups is 3. The molecule has 2 aromatic rings. The summed E-state index contributed by atoms with van der Waals surface area (Å²) in [6, 6.07) is 0.697. The zero-order valence-corrected chi connectivity index (χ0v) is 15.9. The molecule has 0 saturated heterocycles. The first-order valence-corrected chi connectivity index (χ1v) is 9.37. The van der Waals surface area contributed by atoms with Gasteiger partial charge in [0.05, 0.1) is 18.3 Å². The van der Waals surface area contributed by atoms with Gasteiger partial charge in [0, 0.05) is 13.0 Å². The van der Waals surface area contributed by atoms with Crippen LogP contribution in [0.25, 0.3) is 10.2 Å². The zero-order valence-electron chi connectivity index (χ0n) is 15.1. The molecule has 2 aromatic heterocycles. The normalized spacial score (nSPS) is 12.1. The Morgan fingerprint density at radius 2 is 2.04 bits per heavy atom. The summed E-state index contributed by atoms with van der Waals surface area (Å²) in [7, 11) is 0. The Kier molecular flexibility index (Phi) is 7.05. The minimum atomic E-state index is -1.11. The number of amides is 2. The molecule has 9 nitrogen and oxygen atoms in total. The topological polar surface area (TPSA) is 130 Å². The zero-order chi connectivity index (χ0) is 20.0. The molecule has 0 aliphatic carbocycles. The number of carbonyl (C=O) groups excluding carboxylic acids is 2. The molecule has 0 aromatic carbocycles. The standard InChI is InChI=1S/C17H22N4O5S/c1-10(2)7-12(17(25)26)20-14(23)8-18-13(22)3-5-21-9-19-15-11(16(21)24)4-6-27-15/h4,6,9-10,12H,3,5,7-8H2,1-2H3,(H,18,22)(H,20,23)(H,25,26)/t12-/m0/s1. The molecule has 0 unspecified atom stereocenters. The van der Waals surface area contributed by atoms with E-state index in [-0.39, 0.29) is 31.0 Å². The van der Waals surface area contributed by atoms with Gasteiger partial charge in [-0.1, -0.05) is 13.8 Å². The van der Waals surface area contributed by atoms with Gasteiger partial charge in [0.15, 0.2) is 0 Å². The molecular weight excluding hydrogens is 372 g/mol. The van der Waals surface area contributed by atoms with Crippen LogP contribution in [0.4, 0.5) is 0 Å². The van der Waals surface area contributed by atoms with Crippen LogP contribution in [-0.4, -0.2) is 45.0 Å². The summed E-state index contributed by atoms with van der Waals surface area (Å²) in [6.07, 6.45) is 1.69. The van der Waals surface area contributed by atoms with Gasteiger partial charge >= 0.3 is 5.97 Å². The lowest BCUT2D eigenvalue weighted by Crippen LogP contribution is -2.46. The van der Waals surface area contributed by atoms with E-state index in [1.54, 1.807) is 11.4 Å². The smallest absolute Gasteiger partial charge is 0.326 e. The van der Waals surface area contributed by atoms with E-state index in [4.69, 9.17) is 5.11 Å². The predicted octanol–water partition coefficient (Wildman–Crippen LogP) is 0.580. The van der Waals surface area contributed by atoms with Crippen molar-refractivity contribution in [1.29, 1.82) is 0 Å².